The monoisotopic (exact) mass is 553 g/mol. The Kier molecular flexibility index (Phi) is 7.73. The van der Waals surface area contributed by atoms with E-state index in [-0.39, 0.29) is 6.01 Å². The van der Waals surface area contributed by atoms with E-state index in [1.807, 2.05) is 92.0 Å². The minimum absolute atomic E-state index is 0.0575. The number of nitrogens with zero attached hydrogens (tertiary/aromatic N) is 5. The molecule has 8 heteroatoms. The number of rotatable bonds is 9. The van der Waals surface area contributed by atoms with Crippen LogP contribution in [-0.4, -0.2) is 40.8 Å². The van der Waals surface area contributed by atoms with Gasteiger partial charge in [-0.05, 0) is 29.8 Å². The van der Waals surface area contributed by atoms with Crippen LogP contribution in [0, 0.1) is 11.3 Å². The van der Waals surface area contributed by atoms with Crippen molar-refractivity contribution in [1.82, 2.24) is 14.9 Å². The molecule has 206 valence electrons. The Bertz CT molecular complexity index is 1770. The number of ether oxygens (including phenoxy) is 3. The summed E-state index contributed by atoms with van der Waals surface area (Å²) in [7, 11) is 2.03. The molecule has 0 atom stereocenters. The number of amidine groups is 1. The van der Waals surface area contributed by atoms with Gasteiger partial charge in [0.1, 0.15) is 18.2 Å². The molecular formula is C34H27N5O3. The van der Waals surface area contributed by atoms with Gasteiger partial charge >= 0.3 is 6.01 Å². The van der Waals surface area contributed by atoms with E-state index in [0.717, 1.165) is 35.6 Å². The van der Waals surface area contributed by atoms with Gasteiger partial charge in [-0.1, -0.05) is 72.8 Å². The van der Waals surface area contributed by atoms with Crippen molar-refractivity contribution in [3.8, 4) is 46.5 Å². The summed E-state index contributed by atoms with van der Waals surface area (Å²) in [5.41, 5.74) is 3.88. The molecule has 1 aliphatic rings. The van der Waals surface area contributed by atoms with Gasteiger partial charge in [-0.2, -0.15) is 15.2 Å². The highest BCUT2D eigenvalue weighted by Crippen LogP contribution is 2.34. The third-order valence-electron chi connectivity index (χ3n) is 6.64. The zero-order valence-electron chi connectivity index (χ0n) is 23.0. The number of hydrogen-bond donors (Lipinski definition) is 0. The SMILES string of the molecule is CN1CCN=C1c1cccc(Oc2cc(-c3ccccc3)nc(Oc3cc(C#N)ccc3OCc3ccccc3)n2)c1. The fourth-order valence-corrected chi connectivity index (χ4v) is 4.53. The molecule has 0 N–H and O–H groups in total. The van der Waals surface area contributed by atoms with Gasteiger partial charge in [0, 0.05) is 36.9 Å². The Morgan fingerprint density at radius 3 is 2.33 bits per heavy atom. The van der Waals surface area contributed by atoms with Crippen LogP contribution in [0.3, 0.4) is 0 Å². The van der Waals surface area contributed by atoms with Gasteiger partial charge in [-0.3, -0.25) is 4.99 Å². The topological polar surface area (TPSA) is 92.9 Å². The lowest BCUT2D eigenvalue weighted by Gasteiger charge is -2.15. The van der Waals surface area contributed by atoms with E-state index in [9.17, 15) is 5.26 Å². The Morgan fingerprint density at radius 2 is 1.57 bits per heavy atom. The van der Waals surface area contributed by atoms with Gasteiger partial charge in [-0.15, -0.1) is 0 Å². The number of nitriles is 1. The summed E-state index contributed by atoms with van der Waals surface area (Å²) in [5, 5.41) is 9.54. The fraction of sp³-hybridized carbons (Fsp3) is 0.118. The average Bonchev–Trinajstić information content (AvgIpc) is 3.47. The summed E-state index contributed by atoms with van der Waals surface area (Å²) in [6.07, 6.45) is 0. The van der Waals surface area contributed by atoms with E-state index < -0.39 is 0 Å². The third kappa shape index (κ3) is 6.21. The minimum Gasteiger partial charge on any atom is -0.485 e. The molecule has 42 heavy (non-hydrogen) atoms. The lowest BCUT2D eigenvalue weighted by molar-refractivity contribution is 0.288. The molecule has 0 saturated carbocycles. The van der Waals surface area contributed by atoms with Crippen LogP contribution in [0.1, 0.15) is 16.7 Å². The Hall–Kier alpha value is -5.68. The van der Waals surface area contributed by atoms with Crippen molar-refractivity contribution in [3.05, 3.63) is 126 Å². The van der Waals surface area contributed by atoms with Crippen molar-refractivity contribution in [2.75, 3.05) is 20.1 Å². The van der Waals surface area contributed by atoms with Crippen molar-refractivity contribution in [1.29, 1.82) is 5.26 Å². The Morgan fingerprint density at radius 1 is 0.786 bits per heavy atom. The van der Waals surface area contributed by atoms with Gasteiger partial charge < -0.3 is 19.1 Å². The molecule has 1 aromatic heterocycles. The largest absolute Gasteiger partial charge is 0.485 e. The molecule has 0 saturated heterocycles. The van der Waals surface area contributed by atoms with Crippen LogP contribution in [0.25, 0.3) is 11.3 Å². The normalized spacial score (nSPS) is 12.4. The molecule has 0 unspecified atom stereocenters. The van der Waals surface area contributed by atoms with E-state index in [0.29, 0.717) is 41.0 Å². The molecule has 0 fully saturated rings. The maximum atomic E-state index is 9.54. The van der Waals surface area contributed by atoms with E-state index in [2.05, 4.69) is 25.9 Å². The lowest BCUT2D eigenvalue weighted by atomic mass is 10.1. The zero-order chi connectivity index (χ0) is 28.7. The fourth-order valence-electron chi connectivity index (χ4n) is 4.53. The molecule has 0 aliphatic carbocycles. The first-order valence-corrected chi connectivity index (χ1v) is 13.5. The van der Waals surface area contributed by atoms with E-state index in [1.165, 1.54) is 0 Å². The second-order valence-corrected chi connectivity index (χ2v) is 9.65. The standard InChI is InChI=1S/C34H27N5O3/c1-39-18-17-36-33(39)27-13-8-14-28(20-27)41-32-21-29(26-11-6-3-7-12-26)37-34(38-32)42-31-19-25(22-35)15-16-30(31)40-23-24-9-4-2-5-10-24/h2-16,19-21H,17-18,23H2,1H3. The van der Waals surface area contributed by atoms with Crippen molar-refractivity contribution in [2.24, 2.45) is 4.99 Å². The van der Waals surface area contributed by atoms with Crippen LogP contribution in [0.15, 0.2) is 114 Å². The molecule has 0 amide bonds. The number of aromatic nitrogens is 2. The van der Waals surface area contributed by atoms with Gasteiger partial charge in [0.2, 0.25) is 5.88 Å². The van der Waals surface area contributed by atoms with Crippen molar-refractivity contribution < 1.29 is 14.2 Å². The molecular weight excluding hydrogens is 526 g/mol. The van der Waals surface area contributed by atoms with Gasteiger partial charge in [0.25, 0.3) is 0 Å². The van der Waals surface area contributed by atoms with Gasteiger partial charge in [0.15, 0.2) is 11.5 Å². The molecule has 0 spiro atoms. The maximum absolute atomic E-state index is 9.54. The first kappa shape index (κ1) is 26.5. The summed E-state index contributed by atoms with van der Waals surface area (Å²) in [5.74, 6) is 2.63. The van der Waals surface area contributed by atoms with Crippen LogP contribution in [0.2, 0.25) is 0 Å². The highest BCUT2D eigenvalue weighted by molar-refractivity contribution is 5.99. The third-order valence-corrected chi connectivity index (χ3v) is 6.64. The summed E-state index contributed by atoms with van der Waals surface area (Å²) in [6, 6.07) is 36.3. The van der Waals surface area contributed by atoms with Crippen LogP contribution in [0.4, 0.5) is 0 Å². The van der Waals surface area contributed by atoms with Crippen molar-refractivity contribution in [3.63, 3.8) is 0 Å². The highest BCUT2D eigenvalue weighted by Gasteiger charge is 2.17. The predicted octanol–water partition coefficient (Wildman–Crippen LogP) is 6.87. The number of hydrogen-bond acceptors (Lipinski definition) is 8. The van der Waals surface area contributed by atoms with Gasteiger partial charge in [-0.25, -0.2) is 0 Å². The van der Waals surface area contributed by atoms with Crippen LogP contribution in [0.5, 0.6) is 29.1 Å². The molecule has 2 heterocycles. The van der Waals surface area contributed by atoms with E-state index in [1.54, 1.807) is 24.3 Å². The Labute approximate surface area is 244 Å². The summed E-state index contributed by atoms with van der Waals surface area (Å²) >= 11 is 0. The average molecular weight is 554 g/mol. The zero-order valence-corrected chi connectivity index (χ0v) is 23.0. The maximum Gasteiger partial charge on any atom is 0.326 e. The molecule has 1 aliphatic heterocycles. The van der Waals surface area contributed by atoms with E-state index in [4.69, 9.17) is 14.2 Å². The van der Waals surface area contributed by atoms with Crippen molar-refractivity contribution >= 4 is 5.84 Å². The summed E-state index contributed by atoms with van der Waals surface area (Å²) in [4.78, 5) is 16.0. The smallest absolute Gasteiger partial charge is 0.326 e. The molecule has 0 radical (unpaired) electrons. The van der Waals surface area contributed by atoms with Crippen LogP contribution < -0.4 is 14.2 Å². The second-order valence-electron chi connectivity index (χ2n) is 9.65. The molecule has 5 aromatic rings. The first-order chi connectivity index (χ1) is 20.6. The minimum atomic E-state index is 0.0575. The quantitative estimate of drug-likeness (QED) is 0.197. The van der Waals surface area contributed by atoms with Crippen LogP contribution >= 0.6 is 0 Å². The Balaban J connectivity index is 1.33. The number of benzene rings is 4. The number of likely N-dealkylation sites (N-methyl/N-ethyl adjacent to an activating group) is 1. The molecule has 8 nitrogen and oxygen atoms in total. The van der Waals surface area contributed by atoms with Crippen LogP contribution in [-0.2, 0) is 6.61 Å². The highest BCUT2D eigenvalue weighted by atomic mass is 16.5. The second kappa shape index (κ2) is 12.2. The van der Waals surface area contributed by atoms with Crippen molar-refractivity contribution in [2.45, 2.75) is 6.61 Å². The van der Waals surface area contributed by atoms with Gasteiger partial charge in [0.05, 0.1) is 23.9 Å². The first-order valence-electron chi connectivity index (χ1n) is 13.5. The van der Waals surface area contributed by atoms with E-state index >= 15 is 0 Å². The summed E-state index contributed by atoms with van der Waals surface area (Å²) in [6.45, 7) is 1.99. The molecule has 6 rings (SSSR count). The molecule has 0 bridgehead atoms. The summed E-state index contributed by atoms with van der Waals surface area (Å²) < 4.78 is 18.5. The lowest BCUT2D eigenvalue weighted by Crippen LogP contribution is -2.23. The molecule has 4 aromatic carbocycles. The number of aliphatic imine (C=N–C) groups is 1. The predicted molar refractivity (Wildman–Crippen MR) is 160 cm³/mol.